The third-order valence-corrected chi connectivity index (χ3v) is 4.91. The zero-order valence-electron chi connectivity index (χ0n) is 17.3. The normalized spacial score (nSPS) is 12.3. The topological polar surface area (TPSA) is 85.7 Å². The predicted octanol–water partition coefficient (Wildman–Crippen LogP) is 2.67. The second kappa shape index (κ2) is 9.34. The Balaban J connectivity index is 1.34. The molecule has 2 heterocycles. The van der Waals surface area contributed by atoms with Gasteiger partial charge in [0.1, 0.15) is 13.2 Å². The quantitative estimate of drug-likeness (QED) is 0.635. The number of para-hydroxylation sites is 1. The molecule has 8 nitrogen and oxygen atoms in total. The minimum absolute atomic E-state index is 0.0312. The fraction of sp³-hybridized carbons (Fsp3) is 0.261. The molecule has 1 aromatic heterocycles. The molecule has 1 aliphatic heterocycles. The second-order valence-corrected chi connectivity index (χ2v) is 7.12. The molecule has 1 N–H and O–H groups in total. The Bertz CT molecular complexity index is 1060. The summed E-state index contributed by atoms with van der Waals surface area (Å²) in [5.74, 6) is 0.854. The molecule has 2 amide bonds. The highest BCUT2D eigenvalue weighted by molar-refractivity contribution is 5.95. The third-order valence-electron chi connectivity index (χ3n) is 4.91. The van der Waals surface area contributed by atoms with Gasteiger partial charge in [0.2, 0.25) is 11.8 Å². The van der Waals surface area contributed by atoms with E-state index in [2.05, 4.69) is 10.4 Å². The summed E-state index contributed by atoms with van der Waals surface area (Å²) in [6.07, 6.45) is 3.68. The minimum Gasteiger partial charge on any atom is -0.486 e. The molecule has 0 bridgehead atoms. The van der Waals surface area contributed by atoms with E-state index in [-0.39, 0.29) is 24.8 Å². The van der Waals surface area contributed by atoms with Gasteiger partial charge in [0.15, 0.2) is 11.5 Å². The first-order valence-corrected chi connectivity index (χ1v) is 10.2. The molecule has 0 fully saturated rings. The fourth-order valence-electron chi connectivity index (χ4n) is 3.33. The molecule has 2 aromatic carbocycles. The van der Waals surface area contributed by atoms with Gasteiger partial charge in [-0.2, -0.15) is 5.10 Å². The average molecular weight is 420 g/mol. The number of amides is 2. The Hall–Kier alpha value is -3.81. The maximum Gasteiger partial charge on any atom is 0.243 e. The van der Waals surface area contributed by atoms with Crippen LogP contribution in [0.3, 0.4) is 0 Å². The van der Waals surface area contributed by atoms with E-state index in [0.717, 1.165) is 11.3 Å². The summed E-state index contributed by atoms with van der Waals surface area (Å²) in [4.78, 5) is 26.8. The predicted molar refractivity (Wildman–Crippen MR) is 116 cm³/mol. The number of anilines is 1. The molecule has 160 valence electrons. The van der Waals surface area contributed by atoms with Gasteiger partial charge >= 0.3 is 0 Å². The fourth-order valence-corrected chi connectivity index (χ4v) is 3.33. The smallest absolute Gasteiger partial charge is 0.243 e. The summed E-state index contributed by atoms with van der Waals surface area (Å²) < 4.78 is 12.8. The molecule has 4 rings (SSSR count). The van der Waals surface area contributed by atoms with Crippen molar-refractivity contribution in [2.75, 3.05) is 31.6 Å². The minimum atomic E-state index is -0.271. The van der Waals surface area contributed by atoms with Crippen LogP contribution in [-0.2, 0) is 16.0 Å². The van der Waals surface area contributed by atoms with Crippen LogP contribution in [0.1, 0.15) is 12.5 Å². The maximum absolute atomic E-state index is 12.7. The molecule has 0 saturated carbocycles. The van der Waals surface area contributed by atoms with Crippen molar-refractivity contribution >= 4 is 17.5 Å². The van der Waals surface area contributed by atoms with Crippen LogP contribution in [0.2, 0.25) is 0 Å². The first kappa shape index (κ1) is 20.5. The van der Waals surface area contributed by atoms with Crippen LogP contribution in [0.5, 0.6) is 11.5 Å². The SMILES string of the molecule is CCN(CC(=O)Nc1ccc2c(c1)OCCO2)C(=O)Cc1cnn(-c2ccccc2)c1. The van der Waals surface area contributed by atoms with Gasteiger partial charge in [0, 0.05) is 24.5 Å². The number of carbonyl (C=O) groups is 2. The number of carbonyl (C=O) groups excluding carboxylic acids is 2. The summed E-state index contributed by atoms with van der Waals surface area (Å²) in [6, 6.07) is 14.9. The lowest BCUT2D eigenvalue weighted by atomic mass is 10.2. The molecule has 0 spiro atoms. The Morgan fingerprint density at radius 2 is 1.87 bits per heavy atom. The van der Waals surface area contributed by atoms with E-state index in [4.69, 9.17) is 9.47 Å². The van der Waals surface area contributed by atoms with Gasteiger partial charge in [-0.1, -0.05) is 18.2 Å². The van der Waals surface area contributed by atoms with Crippen LogP contribution in [0.15, 0.2) is 60.9 Å². The lowest BCUT2D eigenvalue weighted by Crippen LogP contribution is -2.38. The van der Waals surface area contributed by atoms with Crippen LogP contribution in [0.4, 0.5) is 5.69 Å². The number of nitrogens with one attached hydrogen (secondary N) is 1. The highest BCUT2D eigenvalue weighted by Crippen LogP contribution is 2.32. The van der Waals surface area contributed by atoms with Gasteiger partial charge in [-0.05, 0) is 36.8 Å². The largest absolute Gasteiger partial charge is 0.486 e. The number of aromatic nitrogens is 2. The van der Waals surface area contributed by atoms with Crippen molar-refractivity contribution in [2.45, 2.75) is 13.3 Å². The van der Waals surface area contributed by atoms with Gasteiger partial charge in [-0.15, -0.1) is 0 Å². The van der Waals surface area contributed by atoms with E-state index >= 15 is 0 Å². The number of rotatable bonds is 7. The van der Waals surface area contributed by atoms with Crippen LogP contribution >= 0.6 is 0 Å². The van der Waals surface area contributed by atoms with Crippen molar-refractivity contribution in [3.05, 3.63) is 66.5 Å². The number of ether oxygens (including phenoxy) is 2. The van der Waals surface area contributed by atoms with Crippen LogP contribution in [-0.4, -0.2) is 52.8 Å². The third kappa shape index (κ3) is 5.03. The molecule has 1 aliphatic rings. The molecular weight excluding hydrogens is 396 g/mol. The van der Waals surface area contributed by atoms with E-state index in [1.165, 1.54) is 4.90 Å². The van der Waals surface area contributed by atoms with Gasteiger partial charge in [0.05, 0.1) is 24.8 Å². The summed E-state index contributed by atoms with van der Waals surface area (Å²) in [5, 5.41) is 7.14. The summed E-state index contributed by atoms with van der Waals surface area (Å²) in [5.41, 5.74) is 2.31. The molecule has 0 radical (unpaired) electrons. The summed E-state index contributed by atoms with van der Waals surface area (Å²) in [6.45, 7) is 3.24. The van der Waals surface area contributed by atoms with Crippen LogP contribution < -0.4 is 14.8 Å². The zero-order valence-corrected chi connectivity index (χ0v) is 17.3. The monoisotopic (exact) mass is 420 g/mol. The summed E-state index contributed by atoms with van der Waals surface area (Å²) in [7, 11) is 0. The molecule has 0 saturated heterocycles. The highest BCUT2D eigenvalue weighted by atomic mass is 16.6. The Morgan fingerprint density at radius 3 is 2.65 bits per heavy atom. The zero-order chi connectivity index (χ0) is 21.6. The van der Waals surface area contributed by atoms with Gasteiger partial charge in [-0.25, -0.2) is 4.68 Å². The molecular formula is C23H24N4O4. The van der Waals surface area contributed by atoms with E-state index in [1.807, 2.05) is 43.5 Å². The molecule has 0 aliphatic carbocycles. The number of hydrogen-bond donors (Lipinski definition) is 1. The van der Waals surface area contributed by atoms with Crippen LogP contribution in [0.25, 0.3) is 5.69 Å². The number of hydrogen-bond acceptors (Lipinski definition) is 5. The number of benzene rings is 2. The van der Waals surface area contributed by atoms with E-state index in [1.54, 1.807) is 29.1 Å². The summed E-state index contributed by atoms with van der Waals surface area (Å²) >= 11 is 0. The number of fused-ring (bicyclic) bond motifs is 1. The molecule has 3 aromatic rings. The molecule has 31 heavy (non-hydrogen) atoms. The van der Waals surface area contributed by atoms with Crippen LogP contribution in [0, 0.1) is 0 Å². The van der Waals surface area contributed by atoms with Crippen molar-refractivity contribution in [3.8, 4) is 17.2 Å². The number of likely N-dealkylation sites (N-methyl/N-ethyl adjacent to an activating group) is 1. The lowest BCUT2D eigenvalue weighted by Gasteiger charge is -2.21. The van der Waals surface area contributed by atoms with E-state index < -0.39 is 0 Å². The Kier molecular flexibility index (Phi) is 6.16. The molecule has 8 heteroatoms. The van der Waals surface area contributed by atoms with E-state index in [0.29, 0.717) is 36.9 Å². The van der Waals surface area contributed by atoms with Crippen molar-refractivity contribution in [2.24, 2.45) is 0 Å². The number of nitrogens with zero attached hydrogens (tertiary/aromatic N) is 3. The van der Waals surface area contributed by atoms with Crippen molar-refractivity contribution in [1.82, 2.24) is 14.7 Å². The molecule has 0 atom stereocenters. The second-order valence-electron chi connectivity index (χ2n) is 7.12. The average Bonchev–Trinajstić information content (AvgIpc) is 3.26. The first-order chi connectivity index (χ1) is 15.1. The standard InChI is InChI=1S/C23H24N4O4/c1-2-26(16-22(28)25-18-8-9-20-21(13-18)31-11-10-30-20)23(29)12-17-14-24-27(15-17)19-6-4-3-5-7-19/h3-9,13-15H,2,10-12,16H2,1H3,(H,25,28). The van der Waals surface area contributed by atoms with Crippen molar-refractivity contribution in [1.29, 1.82) is 0 Å². The highest BCUT2D eigenvalue weighted by Gasteiger charge is 2.18. The van der Waals surface area contributed by atoms with Crippen molar-refractivity contribution < 1.29 is 19.1 Å². The Labute approximate surface area is 180 Å². The lowest BCUT2D eigenvalue weighted by molar-refractivity contribution is -0.133. The first-order valence-electron chi connectivity index (χ1n) is 10.2. The van der Waals surface area contributed by atoms with Gasteiger partial charge in [0.25, 0.3) is 0 Å². The van der Waals surface area contributed by atoms with Crippen molar-refractivity contribution in [3.63, 3.8) is 0 Å². The maximum atomic E-state index is 12.7. The van der Waals surface area contributed by atoms with E-state index in [9.17, 15) is 9.59 Å². The van der Waals surface area contributed by atoms with Gasteiger partial charge < -0.3 is 19.7 Å². The van der Waals surface area contributed by atoms with Gasteiger partial charge in [-0.3, -0.25) is 9.59 Å². The Morgan fingerprint density at radius 1 is 1.10 bits per heavy atom. The molecule has 0 unspecified atom stereocenters.